The van der Waals surface area contributed by atoms with E-state index in [0.717, 1.165) is 25.0 Å². The first kappa shape index (κ1) is 8.02. The van der Waals surface area contributed by atoms with Crippen molar-refractivity contribution in [1.29, 1.82) is 0 Å². The van der Waals surface area contributed by atoms with Gasteiger partial charge in [-0.05, 0) is 32.7 Å². The van der Waals surface area contributed by atoms with Gasteiger partial charge in [-0.3, -0.25) is 0 Å². The highest BCUT2D eigenvalue weighted by Crippen LogP contribution is 2.34. The van der Waals surface area contributed by atoms with Gasteiger partial charge in [0.25, 0.3) is 0 Å². The minimum absolute atomic E-state index is 0.753. The van der Waals surface area contributed by atoms with Crippen molar-refractivity contribution in [3.05, 3.63) is 0 Å². The van der Waals surface area contributed by atoms with Crippen LogP contribution in [0.25, 0.3) is 0 Å². The Morgan fingerprint density at radius 2 is 2.20 bits per heavy atom. The lowest BCUT2D eigenvalue weighted by molar-refractivity contribution is 0.241. The van der Waals surface area contributed by atoms with Gasteiger partial charge in [0.1, 0.15) is 0 Å². The lowest BCUT2D eigenvalue weighted by Crippen LogP contribution is -2.34. The molecule has 0 aromatic rings. The quantitative estimate of drug-likeness (QED) is 0.625. The molecule has 0 heterocycles. The van der Waals surface area contributed by atoms with Crippen LogP contribution in [0.2, 0.25) is 0 Å². The molecule has 1 aliphatic rings. The van der Waals surface area contributed by atoms with Gasteiger partial charge in [0.2, 0.25) is 0 Å². The van der Waals surface area contributed by atoms with Crippen LogP contribution in [-0.4, -0.2) is 31.1 Å². The summed E-state index contributed by atoms with van der Waals surface area (Å²) in [5.41, 5.74) is 5.45. The molecule has 10 heavy (non-hydrogen) atoms. The number of nitrogens with zero attached hydrogens (tertiary/aromatic N) is 1. The highest BCUT2D eigenvalue weighted by Gasteiger charge is 2.29. The van der Waals surface area contributed by atoms with Crippen LogP contribution in [0.1, 0.15) is 19.8 Å². The summed E-state index contributed by atoms with van der Waals surface area (Å²) in [6.07, 6.45) is 2.85. The van der Waals surface area contributed by atoms with Crippen molar-refractivity contribution >= 4 is 0 Å². The smallest absolute Gasteiger partial charge is 0.0104 e. The maximum atomic E-state index is 5.45. The Hall–Kier alpha value is -0.0800. The van der Waals surface area contributed by atoms with Crippen molar-refractivity contribution in [1.82, 2.24) is 4.90 Å². The standard InChI is InChI=1S/C8H18N2/c1-7(8-3-4-8)10(2)6-5-9/h7-8H,3-6,9H2,1-2H3. The van der Waals surface area contributed by atoms with Gasteiger partial charge < -0.3 is 10.6 Å². The zero-order chi connectivity index (χ0) is 7.56. The third kappa shape index (κ3) is 1.96. The predicted octanol–water partition coefficient (Wildman–Crippen LogP) is 0.675. The minimum Gasteiger partial charge on any atom is -0.329 e. The highest BCUT2D eigenvalue weighted by atomic mass is 15.1. The fourth-order valence-electron chi connectivity index (χ4n) is 1.35. The molecular formula is C8H18N2. The summed E-state index contributed by atoms with van der Waals surface area (Å²) in [6, 6.07) is 0.753. The average molecular weight is 142 g/mol. The maximum Gasteiger partial charge on any atom is 0.0104 e. The molecule has 0 amide bonds. The lowest BCUT2D eigenvalue weighted by atomic mass is 10.2. The first-order valence-electron chi connectivity index (χ1n) is 4.16. The Labute approximate surface area is 63.4 Å². The molecular weight excluding hydrogens is 124 g/mol. The van der Waals surface area contributed by atoms with E-state index in [2.05, 4.69) is 18.9 Å². The number of hydrogen-bond donors (Lipinski definition) is 1. The molecule has 1 fully saturated rings. The number of nitrogens with two attached hydrogens (primary N) is 1. The summed E-state index contributed by atoms with van der Waals surface area (Å²) in [5, 5.41) is 0. The zero-order valence-corrected chi connectivity index (χ0v) is 7.01. The summed E-state index contributed by atoms with van der Waals surface area (Å²) in [4.78, 5) is 2.36. The summed E-state index contributed by atoms with van der Waals surface area (Å²) in [5.74, 6) is 0.969. The number of hydrogen-bond acceptors (Lipinski definition) is 2. The van der Waals surface area contributed by atoms with E-state index in [9.17, 15) is 0 Å². The molecule has 0 spiro atoms. The van der Waals surface area contributed by atoms with E-state index in [1.54, 1.807) is 0 Å². The summed E-state index contributed by atoms with van der Waals surface area (Å²) in [7, 11) is 2.16. The normalized spacial score (nSPS) is 21.6. The van der Waals surface area contributed by atoms with Crippen molar-refractivity contribution in [3.63, 3.8) is 0 Å². The van der Waals surface area contributed by atoms with E-state index in [4.69, 9.17) is 5.73 Å². The van der Waals surface area contributed by atoms with Crippen molar-refractivity contribution < 1.29 is 0 Å². The van der Waals surface area contributed by atoms with Crippen LogP contribution in [0.4, 0.5) is 0 Å². The molecule has 60 valence electrons. The molecule has 2 heteroatoms. The van der Waals surface area contributed by atoms with E-state index in [-0.39, 0.29) is 0 Å². The van der Waals surface area contributed by atoms with Gasteiger partial charge in [0.05, 0.1) is 0 Å². The van der Waals surface area contributed by atoms with Crippen molar-refractivity contribution in [3.8, 4) is 0 Å². The molecule has 0 aromatic heterocycles. The SMILES string of the molecule is CC(C1CC1)N(C)CCN. The molecule has 2 N–H and O–H groups in total. The fraction of sp³-hybridized carbons (Fsp3) is 1.00. The third-order valence-corrected chi connectivity index (χ3v) is 2.48. The van der Waals surface area contributed by atoms with Crippen LogP contribution in [-0.2, 0) is 0 Å². The van der Waals surface area contributed by atoms with Crippen LogP contribution in [0.3, 0.4) is 0 Å². The third-order valence-electron chi connectivity index (χ3n) is 2.48. The summed E-state index contributed by atoms with van der Waals surface area (Å²) in [6.45, 7) is 4.12. The van der Waals surface area contributed by atoms with Crippen molar-refractivity contribution in [2.75, 3.05) is 20.1 Å². The number of rotatable bonds is 4. The molecule has 0 radical (unpaired) electrons. The molecule has 1 atom stereocenters. The van der Waals surface area contributed by atoms with E-state index in [1.165, 1.54) is 12.8 Å². The summed E-state index contributed by atoms with van der Waals surface area (Å²) < 4.78 is 0. The van der Waals surface area contributed by atoms with E-state index >= 15 is 0 Å². The first-order chi connectivity index (χ1) is 4.75. The monoisotopic (exact) mass is 142 g/mol. The topological polar surface area (TPSA) is 29.3 Å². The average Bonchev–Trinajstić information content (AvgIpc) is 2.68. The van der Waals surface area contributed by atoms with E-state index < -0.39 is 0 Å². The minimum atomic E-state index is 0.753. The lowest BCUT2D eigenvalue weighted by Gasteiger charge is -2.23. The van der Waals surface area contributed by atoms with E-state index in [1.807, 2.05) is 0 Å². The van der Waals surface area contributed by atoms with Crippen LogP contribution in [0.15, 0.2) is 0 Å². The van der Waals surface area contributed by atoms with Crippen LogP contribution in [0.5, 0.6) is 0 Å². The van der Waals surface area contributed by atoms with Gasteiger partial charge >= 0.3 is 0 Å². The molecule has 0 bridgehead atoms. The number of likely N-dealkylation sites (N-methyl/N-ethyl adjacent to an activating group) is 1. The Balaban J connectivity index is 2.17. The first-order valence-corrected chi connectivity index (χ1v) is 4.16. The van der Waals surface area contributed by atoms with Gasteiger partial charge in [-0.2, -0.15) is 0 Å². The molecule has 0 saturated heterocycles. The molecule has 0 aromatic carbocycles. The van der Waals surface area contributed by atoms with Gasteiger partial charge in [-0.25, -0.2) is 0 Å². The zero-order valence-electron chi connectivity index (χ0n) is 7.01. The molecule has 1 unspecified atom stereocenters. The van der Waals surface area contributed by atoms with Crippen molar-refractivity contribution in [2.24, 2.45) is 11.7 Å². The molecule has 2 nitrogen and oxygen atoms in total. The van der Waals surface area contributed by atoms with Crippen molar-refractivity contribution in [2.45, 2.75) is 25.8 Å². The predicted molar refractivity (Wildman–Crippen MR) is 43.9 cm³/mol. The molecule has 0 aliphatic heterocycles. The van der Waals surface area contributed by atoms with Gasteiger partial charge in [-0.1, -0.05) is 0 Å². The van der Waals surface area contributed by atoms with Gasteiger partial charge in [0, 0.05) is 19.1 Å². The maximum absolute atomic E-state index is 5.45. The Kier molecular flexibility index (Phi) is 2.69. The molecule has 1 aliphatic carbocycles. The van der Waals surface area contributed by atoms with E-state index in [0.29, 0.717) is 0 Å². The Morgan fingerprint density at radius 3 is 2.60 bits per heavy atom. The fourth-order valence-corrected chi connectivity index (χ4v) is 1.35. The van der Waals surface area contributed by atoms with Crippen LogP contribution < -0.4 is 5.73 Å². The second-order valence-corrected chi connectivity index (χ2v) is 3.35. The second-order valence-electron chi connectivity index (χ2n) is 3.35. The Bertz CT molecular complexity index is 99.4. The second kappa shape index (κ2) is 3.35. The summed E-state index contributed by atoms with van der Waals surface area (Å²) >= 11 is 0. The van der Waals surface area contributed by atoms with Crippen LogP contribution >= 0.6 is 0 Å². The van der Waals surface area contributed by atoms with Crippen LogP contribution in [0, 0.1) is 5.92 Å². The molecule has 1 saturated carbocycles. The van der Waals surface area contributed by atoms with Gasteiger partial charge in [0.15, 0.2) is 0 Å². The highest BCUT2D eigenvalue weighted by molar-refractivity contribution is 4.83. The molecule has 1 rings (SSSR count). The largest absolute Gasteiger partial charge is 0.329 e. The van der Waals surface area contributed by atoms with Gasteiger partial charge in [-0.15, -0.1) is 0 Å². The Morgan fingerprint density at radius 1 is 1.60 bits per heavy atom.